The van der Waals surface area contributed by atoms with Crippen molar-refractivity contribution in [3.05, 3.63) is 89.5 Å². The largest absolute Gasteiger partial charge is 0.508 e. The normalized spacial score (nSPS) is 12.4. The molecule has 3 aromatic carbocycles. The average Bonchev–Trinajstić information content (AvgIpc) is 2.95. The highest BCUT2D eigenvalue weighted by Crippen LogP contribution is 2.30. The number of phenolic OH excluding ortho intramolecular Hbond substituents is 1. The van der Waals surface area contributed by atoms with Gasteiger partial charge in [0.1, 0.15) is 29.2 Å². The van der Waals surface area contributed by atoms with Crippen LogP contribution in [0.5, 0.6) is 11.5 Å². The van der Waals surface area contributed by atoms with Gasteiger partial charge in [-0.3, -0.25) is 9.59 Å². The number of phenols is 1. The Bertz CT molecular complexity index is 1450. The molecule has 0 aliphatic rings. The minimum Gasteiger partial charge on any atom is -0.508 e. The van der Waals surface area contributed by atoms with E-state index >= 15 is 0 Å². The van der Waals surface area contributed by atoms with Gasteiger partial charge in [-0.25, -0.2) is 4.79 Å². The number of anilines is 1. The number of nitrogens with one attached hydrogen (secondary N) is 2. The minimum absolute atomic E-state index is 0.0664. The molecule has 0 radical (unpaired) electrons. The molecular weight excluding hydrogens is 546 g/mol. The van der Waals surface area contributed by atoms with Crippen LogP contribution < -0.4 is 15.4 Å². The molecule has 0 heterocycles. The molecule has 0 aliphatic carbocycles. The second kappa shape index (κ2) is 14.3. The van der Waals surface area contributed by atoms with Crippen LogP contribution in [0.25, 0.3) is 0 Å². The summed E-state index contributed by atoms with van der Waals surface area (Å²) in [5, 5.41) is 15.4. The Morgan fingerprint density at radius 2 is 1.60 bits per heavy atom. The predicted octanol–water partition coefficient (Wildman–Crippen LogP) is 5.43. The van der Waals surface area contributed by atoms with Crippen molar-refractivity contribution in [3.63, 3.8) is 0 Å². The van der Waals surface area contributed by atoms with Gasteiger partial charge in [-0.1, -0.05) is 36.3 Å². The zero-order chi connectivity index (χ0) is 31.7. The second-order valence-corrected chi connectivity index (χ2v) is 11.3. The lowest BCUT2D eigenvalue weighted by Gasteiger charge is -2.37. The standard InChI is InChI=1S/C34H39N3O6/c1-8-24-11-9-10-12-28(24)30(31(39)35-25-15-19-27(42-7)20-16-25)37(22(2)3)32(40)29(36-33(41)43-34(4,5)6)21-23-13-17-26(38)18-14-23/h1,9-20,22,29-30,38H,21H2,2-7H3,(H,35,39)(H,36,41). The first-order valence-electron chi connectivity index (χ1n) is 13.9. The van der Waals surface area contributed by atoms with Gasteiger partial charge in [-0.05, 0) is 88.2 Å². The van der Waals surface area contributed by atoms with Crippen LogP contribution in [0.1, 0.15) is 57.4 Å². The van der Waals surface area contributed by atoms with Gasteiger partial charge < -0.3 is 30.1 Å². The predicted molar refractivity (Wildman–Crippen MR) is 166 cm³/mol. The van der Waals surface area contributed by atoms with E-state index in [2.05, 4.69) is 16.6 Å². The van der Waals surface area contributed by atoms with E-state index in [-0.39, 0.29) is 12.2 Å². The van der Waals surface area contributed by atoms with Gasteiger partial charge >= 0.3 is 6.09 Å². The van der Waals surface area contributed by atoms with E-state index in [1.165, 1.54) is 17.0 Å². The molecule has 226 valence electrons. The summed E-state index contributed by atoms with van der Waals surface area (Å²) in [4.78, 5) is 42.9. The molecular formula is C34H39N3O6. The van der Waals surface area contributed by atoms with Crippen molar-refractivity contribution < 1.29 is 29.0 Å². The number of carbonyl (C=O) groups excluding carboxylic acids is 3. The Hall–Kier alpha value is -4.97. The van der Waals surface area contributed by atoms with Gasteiger partial charge in [-0.15, -0.1) is 6.42 Å². The zero-order valence-electron chi connectivity index (χ0n) is 25.4. The van der Waals surface area contributed by atoms with Gasteiger partial charge in [0.2, 0.25) is 5.91 Å². The number of hydrogen-bond donors (Lipinski definition) is 3. The van der Waals surface area contributed by atoms with Gasteiger partial charge in [0.25, 0.3) is 5.91 Å². The van der Waals surface area contributed by atoms with Crippen molar-refractivity contribution in [1.82, 2.24) is 10.2 Å². The molecule has 0 bridgehead atoms. The number of benzene rings is 3. The Balaban J connectivity index is 2.09. The van der Waals surface area contributed by atoms with Gasteiger partial charge in [0.15, 0.2) is 0 Å². The molecule has 2 atom stereocenters. The number of aromatic hydroxyl groups is 1. The summed E-state index contributed by atoms with van der Waals surface area (Å²) in [6, 6.07) is 17.3. The van der Waals surface area contributed by atoms with Crippen LogP contribution in [0.3, 0.4) is 0 Å². The number of rotatable bonds is 10. The quantitative estimate of drug-likeness (QED) is 0.273. The number of terminal acetylenes is 1. The van der Waals surface area contributed by atoms with Crippen molar-refractivity contribution in [3.8, 4) is 23.8 Å². The maximum absolute atomic E-state index is 14.5. The third-order valence-corrected chi connectivity index (χ3v) is 6.47. The summed E-state index contributed by atoms with van der Waals surface area (Å²) >= 11 is 0. The van der Waals surface area contributed by atoms with Crippen molar-refractivity contribution in [2.45, 2.75) is 64.8 Å². The van der Waals surface area contributed by atoms with E-state index in [9.17, 15) is 19.5 Å². The zero-order valence-corrected chi connectivity index (χ0v) is 25.4. The molecule has 0 aromatic heterocycles. The van der Waals surface area contributed by atoms with Gasteiger partial charge in [-0.2, -0.15) is 0 Å². The van der Waals surface area contributed by atoms with Crippen LogP contribution in [0.2, 0.25) is 0 Å². The number of alkyl carbamates (subject to hydrolysis) is 1. The lowest BCUT2D eigenvalue weighted by Crippen LogP contribution is -2.55. The van der Waals surface area contributed by atoms with E-state index < -0.39 is 41.6 Å². The Morgan fingerprint density at radius 3 is 2.16 bits per heavy atom. The smallest absolute Gasteiger partial charge is 0.408 e. The first-order chi connectivity index (χ1) is 20.3. The van der Waals surface area contributed by atoms with E-state index in [0.29, 0.717) is 28.1 Å². The highest BCUT2D eigenvalue weighted by Gasteiger charge is 2.38. The number of carbonyl (C=O) groups is 3. The monoisotopic (exact) mass is 585 g/mol. The molecule has 0 saturated heterocycles. The third-order valence-electron chi connectivity index (χ3n) is 6.47. The maximum Gasteiger partial charge on any atom is 0.408 e. The van der Waals surface area contributed by atoms with Gasteiger partial charge in [0.05, 0.1) is 7.11 Å². The fourth-order valence-electron chi connectivity index (χ4n) is 4.55. The fraction of sp³-hybridized carbons (Fsp3) is 0.324. The molecule has 9 nitrogen and oxygen atoms in total. The van der Waals surface area contributed by atoms with Crippen LogP contribution in [0, 0.1) is 12.3 Å². The summed E-state index contributed by atoms with van der Waals surface area (Å²) in [7, 11) is 1.55. The Morgan fingerprint density at radius 1 is 0.977 bits per heavy atom. The molecule has 3 amide bonds. The van der Waals surface area contributed by atoms with E-state index in [1.54, 1.807) is 102 Å². The molecule has 0 fully saturated rings. The molecule has 0 aliphatic heterocycles. The topological polar surface area (TPSA) is 117 Å². The number of hydrogen-bond acceptors (Lipinski definition) is 6. The summed E-state index contributed by atoms with van der Waals surface area (Å²) < 4.78 is 10.7. The highest BCUT2D eigenvalue weighted by atomic mass is 16.6. The Labute approximate surface area is 253 Å². The summed E-state index contributed by atoms with van der Waals surface area (Å²) in [5.41, 5.74) is 1.28. The average molecular weight is 586 g/mol. The minimum atomic E-state index is -1.15. The number of methoxy groups -OCH3 is 1. The van der Waals surface area contributed by atoms with E-state index in [1.807, 2.05) is 0 Å². The molecule has 2 unspecified atom stereocenters. The maximum atomic E-state index is 14.5. The van der Waals surface area contributed by atoms with Crippen molar-refractivity contribution in [1.29, 1.82) is 0 Å². The Kier molecular flexibility index (Phi) is 10.8. The lowest BCUT2D eigenvalue weighted by atomic mass is 9.95. The van der Waals surface area contributed by atoms with E-state index in [4.69, 9.17) is 15.9 Å². The first-order valence-corrected chi connectivity index (χ1v) is 13.9. The molecule has 3 rings (SSSR count). The molecule has 0 saturated carbocycles. The van der Waals surface area contributed by atoms with Crippen LogP contribution in [-0.2, 0) is 20.7 Å². The number of nitrogens with zero attached hydrogens (tertiary/aromatic N) is 1. The first kappa shape index (κ1) is 32.5. The van der Waals surface area contributed by atoms with Crippen molar-refractivity contribution in [2.75, 3.05) is 12.4 Å². The highest BCUT2D eigenvalue weighted by molar-refractivity contribution is 5.99. The van der Waals surface area contributed by atoms with Crippen LogP contribution in [0.4, 0.5) is 10.5 Å². The molecule has 43 heavy (non-hydrogen) atoms. The molecule has 3 N–H and O–H groups in total. The summed E-state index contributed by atoms with van der Waals surface area (Å²) in [6.45, 7) is 8.74. The van der Waals surface area contributed by atoms with E-state index in [0.717, 1.165) is 0 Å². The van der Waals surface area contributed by atoms with Crippen molar-refractivity contribution >= 4 is 23.6 Å². The summed E-state index contributed by atoms with van der Waals surface area (Å²) in [5.74, 6) is 2.31. The van der Waals surface area contributed by atoms with Gasteiger partial charge in [0, 0.05) is 23.7 Å². The van der Waals surface area contributed by atoms with Crippen molar-refractivity contribution in [2.24, 2.45) is 0 Å². The number of ether oxygens (including phenoxy) is 2. The fourth-order valence-corrected chi connectivity index (χ4v) is 4.55. The van der Waals surface area contributed by atoms with Crippen LogP contribution >= 0.6 is 0 Å². The van der Waals surface area contributed by atoms with Crippen LogP contribution in [-0.4, -0.2) is 52.7 Å². The molecule has 3 aromatic rings. The lowest BCUT2D eigenvalue weighted by molar-refractivity contribution is -0.142. The van der Waals surface area contributed by atoms with Crippen LogP contribution in [0.15, 0.2) is 72.8 Å². The summed E-state index contributed by atoms with van der Waals surface area (Å²) in [6.07, 6.45) is 5.12. The molecule has 9 heteroatoms. The second-order valence-electron chi connectivity index (χ2n) is 11.3. The SMILES string of the molecule is C#Cc1ccccc1C(C(=O)Nc1ccc(OC)cc1)N(C(=O)C(Cc1ccc(O)cc1)NC(=O)OC(C)(C)C)C(C)C. The third kappa shape index (κ3) is 9.01. The molecule has 0 spiro atoms. The number of amides is 3.